The van der Waals surface area contributed by atoms with Gasteiger partial charge in [-0.05, 0) is 30.3 Å². The normalized spacial score (nSPS) is 11.5. The molecule has 1 aromatic carbocycles. The van der Waals surface area contributed by atoms with E-state index in [1.54, 1.807) is 12.1 Å². The summed E-state index contributed by atoms with van der Waals surface area (Å²) >= 11 is 5.90. The monoisotopic (exact) mass is 414 g/mol. The Morgan fingerprint density at radius 3 is 2.71 bits per heavy atom. The molecule has 0 saturated carbocycles. The molecule has 0 N–H and O–H groups in total. The summed E-state index contributed by atoms with van der Waals surface area (Å²) < 4.78 is 24.7. The lowest BCUT2D eigenvalue weighted by atomic mass is 10.2. The van der Waals surface area contributed by atoms with Gasteiger partial charge in [0, 0.05) is 23.0 Å². The standard InChI is InChI=1S/C17H11ClN6O3S/c1-28(26,27)14-5-12(4-13(18)6-14)17(25)21-9-16-22-10-23-24(16)15-3-2-11(7-19)8-20-15/h2-6,8-10H,1H3/b21-9+. The molecular formula is C17H11ClN6O3S. The molecule has 140 valence electrons. The number of rotatable bonds is 4. The second kappa shape index (κ2) is 7.67. The fraction of sp³-hybridized carbons (Fsp3) is 0.0588. The van der Waals surface area contributed by atoms with Crippen LogP contribution in [-0.2, 0) is 9.84 Å². The van der Waals surface area contributed by atoms with E-state index in [1.165, 1.54) is 41.6 Å². The largest absolute Gasteiger partial charge is 0.277 e. The van der Waals surface area contributed by atoms with Crippen LogP contribution < -0.4 is 0 Å². The number of sulfone groups is 1. The van der Waals surface area contributed by atoms with Crippen molar-refractivity contribution in [2.45, 2.75) is 4.90 Å². The Morgan fingerprint density at radius 2 is 2.07 bits per heavy atom. The van der Waals surface area contributed by atoms with E-state index in [0.29, 0.717) is 11.4 Å². The van der Waals surface area contributed by atoms with Gasteiger partial charge in [-0.3, -0.25) is 4.79 Å². The van der Waals surface area contributed by atoms with E-state index in [-0.39, 0.29) is 21.3 Å². The molecule has 0 aliphatic carbocycles. The fourth-order valence-electron chi connectivity index (χ4n) is 2.18. The molecule has 0 aliphatic heterocycles. The molecule has 0 atom stereocenters. The van der Waals surface area contributed by atoms with Gasteiger partial charge in [-0.1, -0.05) is 11.6 Å². The van der Waals surface area contributed by atoms with Crippen molar-refractivity contribution in [3.8, 4) is 11.9 Å². The highest BCUT2D eigenvalue weighted by Crippen LogP contribution is 2.19. The van der Waals surface area contributed by atoms with Gasteiger partial charge in [0.2, 0.25) is 0 Å². The average Bonchev–Trinajstić information content (AvgIpc) is 3.13. The Labute approximate surface area is 164 Å². The summed E-state index contributed by atoms with van der Waals surface area (Å²) in [5, 5.41) is 12.9. The first-order valence-electron chi connectivity index (χ1n) is 7.63. The summed E-state index contributed by atoms with van der Waals surface area (Å²) in [6.45, 7) is 0. The average molecular weight is 415 g/mol. The third kappa shape index (κ3) is 4.28. The van der Waals surface area contributed by atoms with Crippen LogP contribution in [-0.4, -0.2) is 46.5 Å². The number of benzene rings is 1. The Bertz CT molecular complexity index is 1230. The van der Waals surface area contributed by atoms with Gasteiger partial charge in [-0.2, -0.15) is 15.0 Å². The maximum atomic E-state index is 12.3. The Balaban J connectivity index is 1.89. The molecule has 0 fully saturated rings. The first kappa shape index (κ1) is 19.3. The zero-order chi connectivity index (χ0) is 20.3. The van der Waals surface area contributed by atoms with Gasteiger partial charge in [-0.15, -0.1) is 0 Å². The maximum Gasteiger partial charge on any atom is 0.277 e. The van der Waals surface area contributed by atoms with Crippen LogP contribution in [0, 0.1) is 11.3 Å². The van der Waals surface area contributed by atoms with Gasteiger partial charge in [-0.25, -0.2) is 23.4 Å². The minimum absolute atomic E-state index is 0.0201. The molecule has 0 bridgehead atoms. The van der Waals surface area contributed by atoms with Crippen LogP contribution in [0.3, 0.4) is 0 Å². The first-order chi connectivity index (χ1) is 13.3. The van der Waals surface area contributed by atoms with Crippen LogP contribution in [0.2, 0.25) is 5.02 Å². The molecule has 9 nitrogen and oxygen atoms in total. The van der Waals surface area contributed by atoms with Crippen LogP contribution in [0.1, 0.15) is 21.7 Å². The number of amides is 1. The lowest BCUT2D eigenvalue weighted by molar-refractivity contribution is 0.100. The number of carbonyl (C=O) groups is 1. The minimum atomic E-state index is -3.53. The Hall–Kier alpha value is -3.42. The highest BCUT2D eigenvalue weighted by Gasteiger charge is 2.14. The summed E-state index contributed by atoms with van der Waals surface area (Å²) in [6, 6.07) is 8.87. The fourth-order valence-corrected chi connectivity index (χ4v) is 3.17. The van der Waals surface area contributed by atoms with E-state index in [9.17, 15) is 13.2 Å². The van der Waals surface area contributed by atoms with Crippen molar-refractivity contribution in [2.75, 3.05) is 6.26 Å². The van der Waals surface area contributed by atoms with Crippen molar-refractivity contribution >= 4 is 33.6 Å². The number of aliphatic imine (C=N–C) groups is 1. The summed E-state index contributed by atoms with van der Waals surface area (Å²) in [5.74, 6) is -0.0989. The zero-order valence-corrected chi connectivity index (χ0v) is 15.9. The summed E-state index contributed by atoms with van der Waals surface area (Å²) in [4.78, 5) is 24.2. The summed E-state index contributed by atoms with van der Waals surface area (Å²) in [7, 11) is -3.53. The van der Waals surface area contributed by atoms with E-state index < -0.39 is 15.7 Å². The Morgan fingerprint density at radius 1 is 1.29 bits per heavy atom. The van der Waals surface area contributed by atoms with Crippen LogP contribution in [0.4, 0.5) is 0 Å². The predicted molar refractivity (Wildman–Crippen MR) is 100 cm³/mol. The van der Waals surface area contributed by atoms with E-state index in [2.05, 4.69) is 20.1 Å². The van der Waals surface area contributed by atoms with Crippen LogP contribution in [0.25, 0.3) is 5.82 Å². The number of hydrogen-bond donors (Lipinski definition) is 0. The third-order valence-electron chi connectivity index (χ3n) is 3.51. The molecule has 0 aliphatic rings. The number of halogens is 1. The van der Waals surface area contributed by atoms with Crippen molar-refractivity contribution in [3.63, 3.8) is 0 Å². The van der Waals surface area contributed by atoms with E-state index >= 15 is 0 Å². The lowest BCUT2D eigenvalue weighted by Crippen LogP contribution is -2.06. The van der Waals surface area contributed by atoms with Gasteiger partial charge in [0.05, 0.1) is 16.7 Å². The van der Waals surface area contributed by atoms with Crippen LogP contribution in [0.15, 0.2) is 52.7 Å². The second-order valence-corrected chi connectivity index (χ2v) is 8.01. The molecule has 3 rings (SSSR count). The molecule has 0 radical (unpaired) electrons. The van der Waals surface area contributed by atoms with E-state index in [0.717, 1.165) is 6.26 Å². The first-order valence-corrected chi connectivity index (χ1v) is 9.90. The number of aromatic nitrogens is 4. The Kier molecular flexibility index (Phi) is 5.30. The van der Waals surface area contributed by atoms with Crippen molar-refractivity contribution in [1.29, 1.82) is 5.26 Å². The number of hydrogen-bond acceptors (Lipinski definition) is 7. The number of nitriles is 1. The molecule has 3 aromatic rings. The molecule has 0 saturated heterocycles. The molecule has 28 heavy (non-hydrogen) atoms. The molecule has 11 heteroatoms. The second-order valence-electron chi connectivity index (χ2n) is 5.56. The van der Waals surface area contributed by atoms with E-state index in [1.807, 2.05) is 6.07 Å². The van der Waals surface area contributed by atoms with Crippen molar-refractivity contribution in [3.05, 3.63) is 64.8 Å². The number of nitrogens with zero attached hydrogens (tertiary/aromatic N) is 6. The minimum Gasteiger partial charge on any atom is -0.267 e. The molecule has 0 unspecified atom stereocenters. The number of pyridine rings is 1. The summed E-state index contributed by atoms with van der Waals surface area (Å²) in [6.07, 6.45) is 4.83. The smallest absolute Gasteiger partial charge is 0.267 e. The summed E-state index contributed by atoms with van der Waals surface area (Å²) in [5.41, 5.74) is 0.406. The van der Waals surface area contributed by atoms with Gasteiger partial charge >= 0.3 is 0 Å². The SMILES string of the molecule is CS(=O)(=O)c1cc(Cl)cc(C(=O)/N=C/c2ncnn2-c2ccc(C#N)cn2)c1. The van der Waals surface area contributed by atoms with Gasteiger partial charge in [0.15, 0.2) is 21.5 Å². The highest BCUT2D eigenvalue weighted by atomic mass is 35.5. The highest BCUT2D eigenvalue weighted by molar-refractivity contribution is 7.90. The quantitative estimate of drug-likeness (QED) is 0.595. The van der Waals surface area contributed by atoms with Crippen LogP contribution in [0.5, 0.6) is 0 Å². The van der Waals surface area contributed by atoms with Crippen molar-refractivity contribution in [2.24, 2.45) is 4.99 Å². The maximum absolute atomic E-state index is 12.3. The predicted octanol–water partition coefficient (Wildman–Crippen LogP) is 1.85. The van der Waals surface area contributed by atoms with Crippen molar-refractivity contribution < 1.29 is 13.2 Å². The van der Waals surface area contributed by atoms with Gasteiger partial charge in [0.25, 0.3) is 5.91 Å². The molecule has 2 aromatic heterocycles. The van der Waals surface area contributed by atoms with Gasteiger partial charge in [0.1, 0.15) is 12.4 Å². The molecule has 0 spiro atoms. The number of carbonyl (C=O) groups excluding carboxylic acids is 1. The van der Waals surface area contributed by atoms with Crippen LogP contribution >= 0.6 is 11.6 Å². The van der Waals surface area contributed by atoms with Crippen molar-refractivity contribution in [1.82, 2.24) is 19.7 Å². The molecule has 2 heterocycles. The topological polar surface area (TPSA) is 131 Å². The lowest BCUT2D eigenvalue weighted by Gasteiger charge is -2.03. The van der Waals surface area contributed by atoms with E-state index in [4.69, 9.17) is 16.9 Å². The van der Waals surface area contributed by atoms with Gasteiger partial charge < -0.3 is 0 Å². The third-order valence-corrected chi connectivity index (χ3v) is 4.82. The zero-order valence-electron chi connectivity index (χ0n) is 14.3. The molecule has 1 amide bonds. The molecular weight excluding hydrogens is 404 g/mol.